The normalized spacial score (nSPS) is 16.3. The van der Waals surface area contributed by atoms with Crippen molar-refractivity contribution < 1.29 is 54.9 Å². The molecule has 0 atom stereocenters. The van der Waals surface area contributed by atoms with E-state index >= 15 is 0 Å². The minimum Gasteiger partial charge on any atom is -0.444 e. The first kappa shape index (κ1) is 59.4. The molecule has 2 saturated heterocycles. The summed E-state index contributed by atoms with van der Waals surface area (Å²) in [5.74, 6) is -0.0225. The highest BCUT2D eigenvalue weighted by molar-refractivity contribution is 5.92. The Morgan fingerprint density at radius 1 is 0.614 bits per heavy atom. The number of alkyl halides is 6. The minimum atomic E-state index is -4.62. The maximum absolute atomic E-state index is 13.9. The number of amides is 3. The SMILES string of the molecule is Cc1nc(C(F)(F)F)ccc1NC(=O)Cn1c(C)c(N2CCN(C(=O)OC(C)(C)C)CC2)c(=O)n2nc(C3=CCOCC3)nc12.Cc1nc(C(F)(F)F)ccc1NC(=O)Cn1c(C)c(N2CCNCC2)c(=O)n2nc(C3=CCOCC3)nc12. The lowest BCUT2D eigenvalue weighted by Crippen LogP contribution is -2.51. The van der Waals surface area contributed by atoms with Crippen LogP contribution in [0.5, 0.6) is 0 Å². The number of hydrogen-bond acceptors (Lipinski definition) is 17. The molecule has 30 heteroatoms. The molecule has 4 aliphatic heterocycles. The van der Waals surface area contributed by atoms with Crippen molar-refractivity contribution in [3.8, 4) is 0 Å². The molecule has 83 heavy (non-hydrogen) atoms. The van der Waals surface area contributed by atoms with Crippen molar-refractivity contribution >= 4 is 63.4 Å². The number of rotatable bonds is 10. The van der Waals surface area contributed by atoms with E-state index in [4.69, 9.17) is 14.2 Å². The monoisotopic (exact) mass is 1160 g/mol. The van der Waals surface area contributed by atoms with Crippen LogP contribution in [0.15, 0.2) is 46.0 Å². The molecule has 3 amide bonds. The van der Waals surface area contributed by atoms with E-state index in [-0.39, 0.29) is 53.0 Å². The fourth-order valence-corrected chi connectivity index (χ4v) is 9.83. The largest absolute Gasteiger partial charge is 0.444 e. The van der Waals surface area contributed by atoms with E-state index < -0.39 is 52.8 Å². The molecule has 2 fully saturated rings. The van der Waals surface area contributed by atoms with Gasteiger partial charge in [-0.3, -0.25) is 19.2 Å². The fraction of sp³-hybridized carbons (Fsp3) is 0.491. The van der Waals surface area contributed by atoms with Crippen LogP contribution in [0.3, 0.4) is 0 Å². The number of nitrogens with zero attached hydrogens (tertiary/aromatic N) is 13. The number of carbonyl (C=O) groups excluding carboxylic acids is 3. The molecule has 10 rings (SSSR count). The Morgan fingerprint density at radius 3 is 1.41 bits per heavy atom. The summed E-state index contributed by atoms with van der Waals surface area (Å²) in [4.78, 5) is 88.2. The van der Waals surface area contributed by atoms with Crippen LogP contribution in [0.1, 0.15) is 79.4 Å². The maximum Gasteiger partial charge on any atom is 0.433 e. The molecule has 0 aliphatic carbocycles. The topological polar surface area (TPSA) is 255 Å². The van der Waals surface area contributed by atoms with Crippen LogP contribution in [0.4, 0.5) is 53.9 Å². The summed E-state index contributed by atoms with van der Waals surface area (Å²) in [6.45, 7) is 16.7. The number of carbonyl (C=O) groups is 3. The Kier molecular flexibility index (Phi) is 17.1. The van der Waals surface area contributed by atoms with Gasteiger partial charge in [-0.1, -0.05) is 12.2 Å². The lowest BCUT2D eigenvalue weighted by atomic mass is 10.1. The van der Waals surface area contributed by atoms with Crippen LogP contribution in [0.25, 0.3) is 22.7 Å². The lowest BCUT2D eigenvalue weighted by Gasteiger charge is -2.37. The van der Waals surface area contributed by atoms with Crippen molar-refractivity contribution in [2.75, 3.05) is 99.2 Å². The van der Waals surface area contributed by atoms with Gasteiger partial charge in [0.15, 0.2) is 11.6 Å². The van der Waals surface area contributed by atoms with E-state index in [2.05, 4.69) is 46.1 Å². The van der Waals surface area contributed by atoms with Crippen molar-refractivity contribution in [2.24, 2.45) is 0 Å². The summed E-state index contributed by atoms with van der Waals surface area (Å²) < 4.78 is 100. The molecule has 0 unspecified atom stereocenters. The molecule has 0 bridgehead atoms. The van der Waals surface area contributed by atoms with Crippen molar-refractivity contribution in [2.45, 2.75) is 92.4 Å². The quantitative estimate of drug-likeness (QED) is 0.149. The minimum absolute atomic E-state index is 0.000263. The van der Waals surface area contributed by atoms with Crippen LogP contribution in [-0.4, -0.2) is 155 Å². The standard InChI is InChI=1S/C29H35F3N8O5.C24H27F3N8O3/c1-17-20(6-7-21(33-17)29(30,31)32)34-22(41)16-39-18(2)23(37-10-12-38(13-11-37)27(43)45-28(3,4)5)25(42)40-26(39)35-24(36-40)19-8-14-44-15-9-19;1-14-17(3-4-18(29-14)24(25,26)27)30-19(36)13-34-15(2)20(33-9-7-28-8-10-33)22(37)35-23(34)31-21(32-35)16-5-11-38-12-6-16/h6-8H,9-16H2,1-5H3,(H,34,41);3-5,28H,6-13H2,1-2H3,(H,30,36). The molecule has 0 spiro atoms. The number of aryl methyl sites for hydroxylation is 2. The number of fused-ring (bicyclic) bond motifs is 2. The van der Waals surface area contributed by atoms with E-state index in [1.165, 1.54) is 24.4 Å². The van der Waals surface area contributed by atoms with Crippen molar-refractivity contribution in [3.63, 3.8) is 0 Å². The van der Waals surface area contributed by atoms with Gasteiger partial charge in [-0.05, 0) is 96.7 Å². The molecule has 24 nitrogen and oxygen atoms in total. The fourth-order valence-electron chi connectivity index (χ4n) is 9.83. The third-order valence-electron chi connectivity index (χ3n) is 14.0. The van der Waals surface area contributed by atoms with Gasteiger partial charge in [0.25, 0.3) is 11.1 Å². The molecule has 6 aromatic rings. The molecular weight excluding hydrogens is 1100 g/mol. The van der Waals surface area contributed by atoms with Gasteiger partial charge in [-0.2, -0.15) is 45.3 Å². The van der Waals surface area contributed by atoms with Gasteiger partial charge < -0.3 is 54.0 Å². The van der Waals surface area contributed by atoms with E-state index in [0.717, 1.165) is 33.9 Å². The summed E-state index contributed by atoms with van der Waals surface area (Å²) in [7, 11) is 0. The predicted molar refractivity (Wildman–Crippen MR) is 291 cm³/mol. The second-order valence-corrected chi connectivity index (χ2v) is 21.0. The first-order valence-electron chi connectivity index (χ1n) is 26.7. The molecule has 444 valence electrons. The van der Waals surface area contributed by atoms with Gasteiger partial charge in [0, 0.05) is 63.7 Å². The van der Waals surface area contributed by atoms with Crippen LogP contribution in [0.2, 0.25) is 0 Å². The molecule has 3 N–H and O–H groups in total. The maximum atomic E-state index is 13.9. The predicted octanol–water partition coefficient (Wildman–Crippen LogP) is 5.19. The Bertz CT molecular complexity index is 3660. The first-order valence-corrected chi connectivity index (χ1v) is 26.7. The Balaban J connectivity index is 0.000000202. The van der Waals surface area contributed by atoms with Gasteiger partial charge in [0.1, 0.15) is 41.5 Å². The Labute approximate surface area is 470 Å². The average Bonchev–Trinajstić information content (AvgIpc) is 3.60. The second kappa shape index (κ2) is 23.9. The number of piperazine rings is 2. The molecule has 6 aromatic heterocycles. The summed E-state index contributed by atoms with van der Waals surface area (Å²) in [6.07, 6.45) is -4.81. The molecule has 4 aliphatic rings. The third kappa shape index (κ3) is 13.3. The second-order valence-electron chi connectivity index (χ2n) is 21.0. The van der Waals surface area contributed by atoms with E-state index in [1.54, 1.807) is 48.7 Å². The van der Waals surface area contributed by atoms with E-state index in [0.29, 0.717) is 126 Å². The summed E-state index contributed by atoms with van der Waals surface area (Å²) >= 11 is 0. The summed E-state index contributed by atoms with van der Waals surface area (Å²) in [5.41, 5.74) is 0.167. The van der Waals surface area contributed by atoms with Gasteiger partial charge in [0.2, 0.25) is 23.4 Å². The van der Waals surface area contributed by atoms with Crippen molar-refractivity contribution in [1.29, 1.82) is 0 Å². The molecule has 0 aromatic carbocycles. The molecule has 10 heterocycles. The summed E-state index contributed by atoms with van der Waals surface area (Å²) in [5, 5.41) is 17.5. The zero-order valence-corrected chi connectivity index (χ0v) is 46.6. The van der Waals surface area contributed by atoms with Crippen molar-refractivity contribution in [1.82, 2.24) is 58.5 Å². The molecule has 0 radical (unpaired) electrons. The highest BCUT2D eigenvalue weighted by atomic mass is 19.4. The third-order valence-corrected chi connectivity index (χ3v) is 14.0. The van der Waals surface area contributed by atoms with E-state index in [9.17, 15) is 50.3 Å². The van der Waals surface area contributed by atoms with E-state index in [1.807, 2.05) is 22.0 Å². The lowest BCUT2D eigenvalue weighted by molar-refractivity contribution is -0.142. The number of hydrogen-bond donors (Lipinski definition) is 3. The Hall–Kier alpha value is -8.25. The zero-order valence-electron chi connectivity index (χ0n) is 46.6. The van der Waals surface area contributed by atoms with Gasteiger partial charge >= 0.3 is 18.4 Å². The smallest absolute Gasteiger partial charge is 0.433 e. The van der Waals surface area contributed by atoms with Crippen LogP contribution < -0.4 is 36.9 Å². The highest BCUT2D eigenvalue weighted by Gasteiger charge is 2.35. The van der Waals surface area contributed by atoms with Crippen LogP contribution in [-0.2, 0) is 49.2 Å². The van der Waals surface area contributed by atoms with Crippen LogP contribution in [0, 0.1) is 27.7 Å². The number of ether oxygens (including phenoxy) is 3. The van der Waals surface area contributed by atoms with Gasteiger partial charge in [0.05, 0.1) is 49.2 Å². The highest BCUT2D eigenvalue weighted by Crippen LogP contribution is 2.32. The number of pyridine rings is 2. The number of nitrogens with one attached hydrogen (secondary N) is 3. The molecule has 0 saturated carbocycles. The molecular formula is C53H62F6N16O8. The zero-order chi connectivity index (χ0) is 59.7. The summed E-state index contributed by atoms with van der Waals surface area (Å²) in [6, 6.07) is 3.95. The van der Waals surface area contributed by atoms with Gasteiger partial charge in [-0.25, -0.2) is 14.8 Å². The first-order chi connectivity index (χ1) is 39.2. The average molecular weight is 1170 g/mol. The number of aromatic nitrogens is 10. The Morgan fingerprint density at radius 2 is 1.04 bits per heavy atom. The van der Waals surface area contributed by atoms with Crippen molar-refractivity contribution in [3.05, 3.63) is 103 Å². The number of halogens is 6. The van der Waals surface area contributed by atoms with Gasteiger partial charge in [-0.15, -0.1) is 10.2 Å². The van der Waals surface area contributed by atoms with Crippen LogP contribution >= 0.6 is 0 Å². The number of anilines is 4.